The van der Waals surface area contributed by atoms with E-state index in [9.17, 15) is 0 Å². The number of hydrogen-bond acceptors (Lipinski definition) is 2. The fourth-order valence-corrected chi connectivity index (χ4v) is 2.11. The molecule has 1 aromatic rings. The summed E-state index contributed by atoms with van der Waals surface area (Å²) in [5.74, 6) is 1.47. The van der Waals surface area contributed by atoms with Crippen molar-refractivity contribution in [3.8, 4) is 5.75 Å². The Kier molecular flexibility index (Phi) is 4.50. The third kappa shape index (κ3) is 3.37. The monoisotopic (exact) mass is 304 g/mol. The Balaban J connectivity index is 1.86. The molecule has 2 rings (SSSR count). The molecule has 0 unspecified atom stereocenters. The second-order valence-electron chi connectivity index (χ2n) is 3.94. The van der Waals surface area contributed by atoms with Crippen LogP contribution in [0.4, 0.5) is 0 Å². The topological polar surface area (TPSA) is 18.5 Å². The molecule has 0 atom stereocenters. The van der Waals surface area contributed by atoms with E-state index in [2.05, 4.69) is 15.9 Å². The lowest BCUT2D eigenvalue weighted by Gasteiger charge is -2.11. The predicted octanol–water partition coefficient (Wildman–Crippen LogP) is 4.00. The molecule has 1 fully saturated rings. The summed E-state index contributed by atoms with van der Waals surface area (Å²) in [4.78, 5) is 0. The maximum absolute atomic E-state index is 6.06. The van der Waals surface area contributed by atoms with E-state index in [0.29, 0.717) is 5.02 Å². The molecule has 1 aromatic carbocycles. The standard InChI is InChI=1S/C12H14BrClO2/c13-6-10-2-1-3-11(14)12(10)16-8-15-7-9-4-5-9/h1-3,9H,4-8H2. The smallest absolute Gasteiger partial charge is 0.189 e. The summed E-state index contributed by atoms with van der Waals surface area (Å²) < 4.78 is 11.0. The minimum atomic E-state index is 0.278. The van der Waals surface area contributed by atoms with Crippen LogP contribution in [0.3, 0.4) is 0 Å². The summed E-state index contributed by atoms with van der Waals surface area (Å²) in [6, 6.07) is 5.72. The molecular weight excluding hydrogens is 291 g/mol. The van der Waals surface area contributed by atoms with Gasteiger partial charge < -0.3 is 9.47 Å². The minimum absolute atomic E-state index is 0.278. The lowest BCUT2D eigenvalue weighted by atomic mass is 10.2. The van der Waals surface area contributed by atoms with E-state index in [-0.39, 0.29) is 6.79 Å². The van der Waals surface area contributed by atoms with Crippen LogP contribution in [0.5, 0.6) is 5.75 Å². The number of ether oxygens (including phenoxy) is 2. The molecule has 0 amide bonds. The summed E-state index contributed by atoms with van der Waals surface area (Å²) in [5.41, 5.74) is 1.04. The maximum atomic E-state index is 6.06. The van der Waals surface area contributed by atoms with Crippen LogP contribution in [0.1, 0.15) is 18.4 Å². The van der Waals surface area contributed by atoms with Crippen LogP contribution in [0, 0.1) is 5.92 Å². The van der Waals surface area contributed by atoms with Crippen LogP contribution in [0.15, 0.2) is 18.2 Å². The number of hydrogen-bond donors (Lipinski definition) is 0. The van der Waals surface area contributed by atoms with Gasteiger partial charge in [0.25, 0.3) is 0 Å². The van der Waals surface area contributed by atoms with Crippen LogP contribution in [-0.4, -0.2) is 13.4 Å². The van der Waals surface area contributed by atoms with Crippen molar-refractivity contribution < 1.29 is 9.47 Å². The Morgan fingerprint density at radius 1 is 1.38 bits per heavy atom. The molecular formula is C12H14BrClO2. The summed E-state index contributed by atoms with van der Waals surface area (Å²) >= 11 is 9.47. The van der Waals surface area contributed by atoms with Gasteiger partial charge in [0.2, 0.25) is 0 Å². The number of halogens is 2. The Hall–Kier alpha value is -0.250. The molecule has 0 bridgehead atoms. The van der Waals surface area contributed by atoms with Gasteiger partial charge in [-0.2, -0.15) is 0 Å². The second-order valence-corrected chi connectivity index (χ2v) is 4.91. The molecule has 88 valence electrons. The molecule has 0 saturated heterocycles. The van der Waals surface area contributed by atoms with Crippen LogP contribution < -0.4 is 4.74 Å². The summed E-state index contributed by atoms with van der Waals surface area (Å²) in [5, 5.41) is 1.36. The minimum Gasteiger partial charge on any atom is -0.466 e. The van der Waals surface area contributed by atoms with Crippen molar-refractivity contribution in [3.05, 3.63) is 28.8 Å². The van der Waals surface area contributed by atoms with Gasteiger partial charge in [0.1, 0.15) is 5.75 Å². The number of rotatable bonds is 6. The van der Waals surface area contributed by atoms with E-state index in [1.54, 1.807) is 0 Å². The van der Waals surface area contributed by atoms with Crippen LogP contribution in [-0.2, 0) is 10.1 Å². The van der Waals surface area contributed by atoms with E-state index < -0.39 is 0 Å². The zero-order valence-corrected chi connectivity index (χ0v) is 11.3. The number of alkyl halides is 1. The third-order valence-corrected chi connectivity index (χ3v) is 3.43. The molecule has 1 aliphatic carbocycles. The van der Waals surface area contributed by atoms with Crippen LogP contribution in [0.2, 0.25) is 5.02 Å². The second kappa shape index (κ2) is 5.89. The van der Waals surface area contributed by atoms with Gasteiger partial charge >= 0.3 is 0 Å². The average molecular weight is 306 g/mol. The highest BCUT2D eigenvalue weighted by Gasteiger charge is 2.21. The molecule has 0 aliphatic heterocycles. The van der Waals surface area contributed by atoms with E-state index >= 15 is 0 Å². The van der Waals surface area contributed by atoms with Gasteiger partial charge in [-0.3, -0.25) is 0 Å². The molecule has 0 N–H and O–H groups in total. The van der Waals surface area contributed by atoms with E-state index in [1.807, 2.05) is 18.2 Å². The first-order valence-corrected chi connectivity index (χ1v) is 6.85. The summed E-state index contributed by atoms with van der Waals surface area (Å²) in [7, 11) is 0. The molecule has 1 saturated carbocycles. The van der Waals surface area contributed by atoms with Gasteiger partial charge in [0.15, 0.2) is 6.79 Å². The van der Waals surface area contributed by atoms with Crippen molar-refractivity contribution in [2.45, 2.75) is 18.2 Å². The molecule has 0 aromatic heterocycles. The zero-order chi connectivity index (χ0) is 11.4. The molecule has 4 heteroatoms. The number of para-hydroxylation sites is 1. The van der Waals surface area contributed by atoms with Crippen molar-refractivity contribution in [1.29, 1.82) is 0 Å². The quantitative estimate of drug-likeness (QED) is 0.449. The lowest BCUT2D eigenvalue weighted by molar-refractivity contribution is 0.00964. The SMILES string of the molecule is Clc1cccc(CBr)c1OCOCC1CC1. The molecule has 0 spiro atoms. The maximum Gasteiger partial charge on any atom is 0.189 e. The normalized spacial score (nSPS) is 15.1. The highest BCUT2D eigenvalue weighted by Crippen LogP contribution is 2.31. The zero-order valence-electron chi connectivity index (χ0n) is 8.92. The first kappa shape index (κ1) is 12.2. The van der Waals surface area contributed by atoms with Crippen LogP contribution >= 0.6 is 27.5 Å². The highest BCUT2D eigenvalue weighted by atomic mass is 79.9. The predicted molar refractivity (Wildman–Crippen MR) is 68.3 cm³/mol. The van der Waals surface area contributed by atoms with Gasteiger partial charge in [-0.15, -0.1) is 0 Å². The number of benzene rings is 1. The Labute approximate surface area is 109 Å². The first-order chi connectivity index (χ1) is 7.81. The lowest BCUT2D eigenvalue weighted by Crippen LogP contribution is -2.06. The van der Waals surface area contributed by atoms with Gasteiger partial charge in [-0.05, 0) is 24.8 Å². The van der Waals surface area contributed by atoms with Crippen molar-refractivity contribution >= 4 is 27.5 Å². The van der Waals surface area contributed by atoms with E-state index in [0.717, 1.165) is 29.2 Å². The Bertz CT molecular complexity index is 353. The van der Waals surface area contributed by atoms with Gasteiger partial charge in [0.05, 0.1) is 11.6 Å². The van der Waals surface area contributed by atoms with Crippen molar-refractivity contribution in [3.63, 3.8) is 0 Å². The van der Waals surface area contributed by atoms with Crippen LogP contribution in [0.25, 0.3) is 0 Å². The van der Waals surface area contributed by atoms with E-state index in [4.69, 9.17) is 21.1 Å². The highest BCUT2D eigenvalue weighted by molar-refractivity contribution is 9.08. The Morgan fingerprint density at radius 3 is 2.88 bits per heavy atom. The van der Waals surface area contributed by atoms with Gasteiger partial charge in [-0.25, -0.2) is 0 Å². The largest absolute Gasteiger partial charge is 0.466 e. The van der Waals surface area contributed by atoms with Crippen molar-refractivity contribution in [1.82, 2.24) is 0 Å². The summed E-state index contributed by atoms with van der Waals surface area (Å²) in [6.45, 7) is 1.08. The van der Waals surface area contributed by atoms with Crippen molar-refractivity contribution in [2.75, 3.05) is 13.4 Å². The molecule has 0 heterocycles. The summed E-state index contributed by atoms with van der Waals surface area (Å²) in [6.07, 6.45) is 2.58. The molecule has 1 aliphatic rings. The van der Waals surface area contributed by atoms with E-state index in [1.165, 1.54) is 12.8 Å². The van der Waals surface area contributed by atoms with Crippen molar-refractivity contribution in [2.24, 2.45) is 5.92 Å². The fraction of sp³-hybridized carbons (Fsp3) is 0.500. The fourth-order valence-electron chi connectivity index (χ4n) is 1.42. The van der Waals surface area contributed by atoms with Gasteiger partial charge in [-0.1, -0.05) is 39.7 Å². The molecule has 2 nitrogen and oxygen atoms in total. The first-order valence-electron chi connectivity index (χ1n) is 5.35. The van der Waals surface area contributed by atoms with Gasteiger partial charge in [0, 0.05) is 10.9 Å². The Morgan fingerprint density at radius 2 is 2.19 bits per heavy atom. The molecule has 0 radical (unpaired) electrons. The third-order valence-electron chi connectivity index (χ3n) is 2.53. The average Bonchev–Trinajstić information content (AvgIpc) is 3.09. The molecule has 16 heavy (non-hydrogen) atoms.